The molecule has 2 aromatic heterocycles. The molecule has 3 aromatic rings. The number of benzene rings is 1. The highest BCUT2D eigenvalue weighted by atomic mass is 16.5. The molecule has 1 aromatic carbocycles. The average molecular weight is 495 g/mol. The van der Waals surface area contributed by atoms with E-state index < -0.39 is 18.1 Å². The summed E-state index contributed by atoms with van der Waals surface area (Å²) in [7, 11) is 2.58. The predicted molar refractivity (Wildman–Crippen MR) is 131 cm³/mol. The van der Waals surface area contributed by atoms with Gasteiger partial charge in [0, 0.05) is 12.1 Å². The summed E-state index contributed by atoms with van der Waals surface area (Å²) in [6, 6.07) is 10.1. The standard InChI is InChI=1S/C26H30N4O6/c1-15(2)22(29-26(33)35-4)24(31)30-13-5-6-19(30)23-27-14-18(28-23)16-7-9-17(10-8-16)20-11-12-21(36-20)25(32)34-3/h7-12,14-15,19,22H,5-6,13H2,1-4H3,(H,27,28)(H,29,33)/t19-,22-/m0/s1. The molecule has 0 bridgehead atoms. The van der Waals surface area contributed by atoms with Gasteiger partial charge in [-0.3, -0.25) is 4.79 Å². The zero-order valence-electron chi connectivity index (χ0n) is 20.7. The molecule has 0 unspecified atom stereocenters. The summed E-state index contributed by atoms with van der Waals surface area (Å²) in [6.45, 7) is 4.37. The molecular weight excluding hydrogens is 464 g/mol. The van der Waals surface area contributed by atoms with Crippen LogP contribution in [-0.2, 0) is 14.3 Å². The van der Waals surface area contributed by atoms with Crippen LogP contribution in [0.4, 0.5) is 4.79 Å². The summed E-state index contributed by atoms with van der Waals surface area (Å²) >= 11 is 0. The second kappa shape index (κ2) is 10.7. The van der Waals surface area contributed by atoms with Crippen LogP contribution in [-0.4, -0.2) is 59.6 Å². The molecule has 4 rings (SSSR count). The SMILES string of the molecule is COC(=O)N[C@H](C(=O)N1CCC[C@H]1c1ncc(-c2ccc(-c3ccc(C(=O)OC)o3)cc2)[nH]1)C(C)C. The van der Waals surface area contributed by atoms with Gasteiger partial charge in [-0.2, -0.15) is 0 Å². The molecule has 190 valence electrons. The number of methoxy groups -OCH3 is 2. The number of likely N-dealkylation sites (tertiary alicyclic amines) is 1. The van der Waals surface area contributed by atoms with E-state index in [1.54, 1.807) is 23.2 Å². The number of hydrogen-bond donors (Lipinski definition) is 2. The van der Waals surface area contributed by atoms with Crippen LogP contribution in [0.1, 0.15) is 49.1 Å². The Bertz CT molecular complexity index is 1230. The van der Waals surface area contributed by atoms with Gasteiger partial charge in [-0.05, 0) is 36.5 Å². The Morgan fingerprint density at radius 3 is 2.47 bits per heavy atom. The molecule has 1 fully saturated rings. The first-order chi connectivity index (χ1) is 17.3. The smallest absolute Gasteiger partial charge is 0.407 e. The Kier molecular flexibility index (Phi) is 7.42. The van der Waals surface area contributed by atoms with Crippen LogP contribution in [0, 0.1) is 5.92 Å². The number of esters is 1. The van der Waals surface area contributed by atoms with Crippen LogP contribution >= 0.6 is 0 Å². The number of hydrogen-bond acceptors (Lipinski definition) is 7. The van der Waals surface area contributed by atoms with Gasteiger partial charge < -0.3 is 29.1 Å². The van der Waals surface area contributed by atoms with Gasteiger partial charge in [-0.1, -0.05) is 38.1 Å². The van der Waals surface area contributed by atoms with E-state index in [-0.39, 0.29) is 23.6 Å². The third-order valence-electron chi connectivity index (χ3n) is 6.31. The van der Waals surface area contributed by atoms with Gasteiger partial charge >= 0.3 is 12.1 Å². The van der Waals surface area contributed by atoms with Crippen molar-refractivity contribution in [1.82, 2.24) is 20.2 Å². The molecule has 0 saturated carbocycles. The fourth-order valence-corrected chi connectivity index (χ4v) is 4.36. The summed E-state index contributed by atoms with van der Waals surface area (Å²) in [5.41, 5.74) is 2.55. The van der Waals surface area contributed by atoms with Gasteiger partial charge in [0.1, 0.15) is 17.6 Å². The second-order valence-electron chi connectivity index (χ2n) is 8.96. The number of carbonyl (C=O) groups is 3. The number of amides is 2. The van der Waals surface area contributed by atoms with Crippen LogP contribution in [0.3, 0.4) is 0 Å². The van der Waals surface area contributed by atoms with Crippen molar-refractivity contribution in [2.24, 2.45) is 5.92 Å². The summed E-state index contributed by atoms with van der Waals surface area (Å²) in [4.78, 5) is 46.4. The normalized spacial score (nSPS) is 16.1. The molecule has 1 aliphatic heterocycles. The lowest BCUT2D eigenvalue weighted by atomic mass is 10.0. The highest BCUT2D eigenvalue weighted by Crippen LogP contribution is 2.33. The number of aromatic nitrogens is 2. The fourth-order valence-electron chi connectivity index (χ4n) is 4.36. The Labute approximate surface area is 209 Å². The fraction of sp³-hybridized carbons (Fsp3) is 0.385. The van der Waals surface area contributed by atoms with Gasteiger partial charge in [0.25, 0.3) is 0 Å². The lowest BCUT2D eigenvalue weighted by molar-refractivity contribution is -0.135. The van der Waals surface area contributed by atoms with E-state index in [1.807, 2.05) is 38.1 Å². The molecule has 10 nitrogen and oxygen atoms in total. The van der Waals surface area contributed by atoms with E-state index >= 15 is 0 Å². The van der Waals surface area contributed by atoms with Crippen LogP contribution in [0.25, 0.3) is 22.6 Å². The molecule has 1 saturated heterocycles. The first-order valence-corrected chi connectivity index (χ1v) is 11.8. The minimum Gasteiger partial charge on any atom is -0.463 e. The number of nitrogens with one attached hydrogen (secondary N) is 2. The minimum atomic E-state index is -0.679. The van der Waals surface area contributed by atoms with Crippen molar-refractivity contribution in [2.45, 2.75) is 38.8 Å². The summed E-state index contributed by atoms with van der Waals surface area (Å²) < 4.78 is 15.0. The molecular formula is C26H30N4O6. The van der Waals surface area contributed by atoms with Crippen molar-refractivity contribution in [3.05, 3.63) is 54.2 Å². The number of H-pyrrole nitrogens is 1. The molecule has 2 atom stereocenters. The zero-order valence-corrected chi connectivity index (χ0v) is 20.7. The third kappa shape index (κ3) is 5.12. The molecule has 3 heterocycles. The average Bonchev–Trinajstić information content (AvgIpc) is 3.66. The number of ether oxygens (including phenoxy) is 2. The molecule has 10 heteroatoms. The lowest BCUT2D eigenvalue weighted by Crippen LogP contribution is -2.51. The molecule has 2 amide bonds. The Morgan fingerprint density at radius 2 is 1.81 bits per heavy atom. The van der Waals surface area contributed by atoms with Gasteiger partial charge in [-0.25, -0.2) is 14.6 Å². The van der Waals surface area contributed by atoms with Crippen molar-refractivity contribution in [2.75, 3.05) is 20.8 Å². The van der Waals surface area contributed by atoms with Gasteiger partial charge in [0.15, 0.2) is 0 Å². The highest BCUT2D eigenvalue weighted by Gasteiger charge is 2.37. The predicted octanol–water partition coefficient (Wildman–Crippen LogP) is 4.17. The van der Waals surface area contributed by atoms with Crippen LogP contribution < -0.4 is 5.32 Å². The summed E-state index contributed by atoms with van der Waals surface area (Å²) in [6.07, 6.45) is 2.75. The number of nitrogens with zero attached hydrogens (tertiary/aromatic N) is 2. The van der Waals surface area contributed by atoms with Crippen LogP contribution in [0.15, 0.2) is 47.0 Å². The van der Waals surface area contributed by atoms with E-state index in [0.29, 0.717) is 18.1 Å². The van der Waals surface area contributed by atoms with Gasteiger partial charge in [-0.15, -0.1) is 0 Å². The maximum Gasteiger partial charge on any atom is 0.407 e. The second-order valence-corrected chi connectivity index (χ2v) is 8.96. The Morgan fingerprint density at radius 1 is 1.08 bits per heavy atom. The number of aromatic amines is 1. The topological polar surface area (TPSA) is 127 Å². The molecule has 1 aliphatic rings. The molecule has 2 N–H and O–H groups in total. The first-order valence-electron chi connectivity index (χ1n) is 11.8. The van der Waals surface area contributed by atoms with Crippen molar-refractivity contribution in [3.63, 3.8) is 0 Å². The maximum atomic E-state index is 13.3. The Balaban J connectivity index is 1.49. The largest absolute Gasteiger partial charge is 0.463 e. The molecule has 0 spiro atoms. The summed E-state index contributed by atoms with van der Waals surface area (Å²) in [5.74, 6) is 0.642. The first kappa shape index (κ1) is 25.0. The van der Waals surface area contributed by atoms with Crippen LogP contribution in [0.2, 0.25) is 0 Å². The maximum absolute atomic E-state index is 13.3. The zero-order chi connectivity index (χ0) is 25.8. The molecule has 0 aliphatic carbocycles. The lowest BCUT2D eigenvalue weighted by Gasteiger charge is -2.30. The summed E-state index contributed by atoms with van der Waals surface area (Å²) in [5, 5.41) is 2.66. The van der Waals surface area contributed by atoms with E-state index in [4.69, 9.17) is 9.15 Å². The monoisotopic (exact) mass is 494 g/mol. The van der Waals surface area contributed by atoms with E-state index in [9.17, 15) is 14.4 Å². The quantitative estimate of drug-likeness (QED) is 0.472. The van der Waals surface area contributed by atoms with Gasteiger partial charge in [0.2, 0.25) is 11.7 Å². The van der Waals surface area contributed by atoms with Crippen molar-refractivity contribution < 1.29 is 28.3 Å². The number of rotatable bonds is 7. The Hall–Kier alpha value is -4.08. The number of imidazole rings is 1. The van der Waals surface area contributed by atoms with E-state index in [0.717, 1.165) is 29.7 Å². The molecule has 36 heavy (non-hydrogen) atoms. The number of alkyl carbamates (subject to hydrolysis) is 1. The number of carbonyl (C=O) groups excluding carboxylic acids is 3. The van der Waals surface area contributed by atoms with E-state index in [1.165, 1.54) is 14.2 Å². The van der Waals surface area contributed by atoms with Crippen molar-refractivity contribution in [3.8, 4) is 22.6 Å². The van der Waals surface area contributed by atoms with Gasteiger partial charge in [0.05, 0.1) is 32.2 Å². The third-order valence-corrected chi connectivity index (χ3v) is 6.31. The molecule has 0 radical (unpaired) electrons. The minimum absolute atomic E-state index is 0.0959. The van der Waals surface area contributed by atoms with Crippen molar-refractivity contribution >= 4 is 18.0 Å². The van der Waals surface area contributed by atoms with Crippen molar-refractivity contribution in [1.29, 1.82) is 0 Å². The van der Waals surface area contributed by atoms with E-state index in [2.05, 4.69) is 20.0 Å². The highest BCUT2D eigenvalue weighted by molar-refractivity contribution is 5.87. The van der Waals surface area contributed by atoms with Crippen LogP contribution in [0.5, 0.6) is 0 Å². The number of furan rings is 1.